The summed E-state index contributed by atoms with van der Waals surface area (Å²) in [5.74, 6) is 4.08. The topological polar surface area (TPSA) is 224 Å². The summed E-state index contributed by atoms with van der Waals surface area (Å²) in [6, 6.07) is 22.8. The van der Waals surface area contributed by atoms with Gasteiger partial charge in [0.2, 0.25) is 17.6 Å². The number of benzene rings is 4. The summed E-state index contributed by atoms with van der Waals surface area (Å²) in [6.07, 6.45) is 7.72. The first-order chi connectivity index (χ1) is 38.9. The number of anilines is 1. The third-order valence-electron chi connectivity index (χ3n) is 12.6. The highest BCUT2D eigenvalue weighted by Crippen LogP contribution is 2.41. The number of rotatable bonds is 31. The van der Waals surface area contributed by atoms with Gasteiger partial charge in [-0.3, -0.25) is 24.2 Å². The van der Waals surface area contributed by atoms with E-state index in [1.54, 1.807) is 52.7 Å². The molecule has 22 heteroatoms. The zero-order chi connectivity index (χ0) is 57.9. The maximum absolute atomic E-state index is 12.9. The molecule has 440 valence electrons. The number of hydrazone groups is 1. The van der Waals surface area contributed by atoms with Crippen LogP contribution in [0.25, 0.3) is 0 Å². The van der Waals surface area contributed by atoms with Gasteiger partial charge < -0.3 is 68.0 Å². The molecule has 80 heavy (non-hydrogen) atoms. The van der Waals surface area contributed by atoms with Gasteiger partial charge in [0, 0.05) is 32.6 Å². The lowest BCUT2D eigenvalue weighted by Crippen LogP contribution is -2.38. The molecule has 1 unspecified atom stereocenters. The highest BCUT2D eigenvalue weighted by atomic mass is 35.5. The molecular formula is C58H79Cl2N5O15. The standard InChI is InChI=1S/C39H50Cl2N4O9.C18H27NO4.CH2O2/c1-48-35-12-9-30(26-36(35)49-2)6-3-5-29-7-4-8-32(25-29)54-28-39(47)42-15-18-51-20-22-53-24-23-52-21-19-50-17-14-38(46)43-37-13-16-45(44-37)31-10-11-33(40)34(41)27-31;1-5-14(18(20)19-9-7-6-8-10-19)13-11-15(21-2)17(23-4)16(12-13)22-3;2-1-3/h4,7-12,25-27H,3,5-6,13-24,28H2,1-2H3,(H,42,47)(H,43,44,46);11-12,14H,5-10H2,1-4H3;1H,(H,2,3). The van der Waals surface area contributed by atoms with Crippen LogP contribution in [0.15, 0.2) is 77.9 Å². The Kier molecular flexibility index (Phi) is 31.5. The summed E-state index contributed by atoms with van der Waals surface area (Å²) in [7, 11) is 8.03. The molecule has 0 saturated carbocycles. The van der Waals surface area contributed by atoms with E-state index in [2.05, 4.69) is 21.8 Å². The maximum atomic E-state index is 12.9. The predicted octanol–water partition coefficient (Wildman–Crippen LogP) is 8.40. The fourth-order valence-electron chi connectivity index (χ4n) is 8.50. The molecule has 2 aliphatic heterocycles. The number of nitrogens with one attached hydrogen (secondary N) is 2. The number of likely N-dealkylation sites (tertiary alicyclic amines) is 1. The minimum Gasteiger partial charge on any atom is -0.493 e. The molecule has 2 aliphatic rings. The average Bonchev–Trinajstić information content (AvgIpc) is 3.99. The second-order valence-electron chi connectivity index (χ2n) is 18.0. The molecule has 0 aromatic heterocycles. The Morgan fingerprint density at radius 1 is 0.675 bits per heavy atom. The third-order valence-corrected chi connectivity index (χ3v) is 13.3. The number of halogens is 2. The van der Waals surface area contributed by atoms with Crippen molar-refractivity contribution in [3.05, 3.63) is 99.5 Å². The summed E-state index contributed by atoms with van der Waals surface area (Å²) in [5, 5.41) is 19.7. The number of carboxylic acid groups (broad SMARTS) is 1. The zero-order valence-corrected chi connectivity index (χ0v) is 48.4. The van der Waals surface area contributed by atoms with Crippen molar-refractivity contribution in [1.82, 2.24) is 15.5 Å². The van der Waals surface area contributed by atoms with Gasteiger partial charge in [-0.05, 0) is 116 Å². The minimum atomic E-state index is -0.250. The monoisotopic (exact) mass is 1160 g/mol. The van der Waals surface area contributed by atoms with Crippen molar-refractivity contribution in [3.63, 3.8) is 0 Å². The molecule has 1 fully saturated rings. The first kappa shape index (κ1) is 66.0. The minimum absolute atomic E-state index is 0.0726. The van der Waals surface area contributed by atoms with Crippen LogP contribution in [0.2, 0.25) is 10.0 Å². The van der Waals surface area contributed by atoms with Gasteiger partial charge in [-0.25, -0.2) is 0 Å². The number of carbonyl (C=O) groups excluding carboxylic acids is 3. The molecule has 6 rings (SSSR count). The fraction of sp³-hybridized carbons (Fsp3) is 0.500. The normalized spacial score (nSPS) is 13.1. The Hall–Kier alpha value is -6.55. The van der Waals surface area contributed by atoms with Crippen LogP contribution in [0.3, 0.4) is 0 Å². The van der Waals surface area contributed by atoms with Crippen molar-refractivity contribution in [3.8, 4) is 34.5 Å². The smallest absolute Gasteiger partial charge is 0.290 e. The van der Waals surface area contributed by atoms with Crippen molar-refractivity contribution < 1.29 is 71.7 Å². The van der Waals surface area contributed by atoms with Crippen LogP contribution in [0.5, 0.6) is 34.5 Å². The molecule has 0 bridgehead atoms. The number of methoxy groups -OCH3 is 5. The number of aryl methyl sites for hydroxylation is 2. The van der Waals surface area contributed by atoms with E-state index in [9.17, 15) is 14.4 Å². The lowest BCUT2D eigenvalue weighted by Gasteiger charge is -2.30. The van der Waals surface area contributed by atoms with Crippen molar-refractivity contribution in [2.45, 2.75) is 70.6 Å². The molecule has 3 N–H and O–H groups in total. The first-order valence-electron chi connectivity index (χ1n) is 26.7. The van der Waals surface area contributed by atoms with E-state index in [1.165, 1.54) is 12.0 Å². The van der Waals surface area contributed by atoms with E-state index in [-0.39, 0.29) is 49.7 Å². The van der Waals surface area contributed by atoms with Crippen LogP contribution in [-0.4, -0.2) is 161 Å². The van der Waals surface area contributed by atoms with Crippen molar-refractivity contribution in [1.29, 1.82) is 0 Å². The molecular weight excluding hydrogens is 1080 g/mol. The Balaban J connectivity index is 0.000000438. The summed E-state index contributed by atoms with van der Waals surface area (Å²) in [4.78, 5) is 47.7. The van der Waals surface area contributed by atoms with Crippen molar-refractivity contribution >= 4 is 58.9 Å². The Labute approximate surface area is 480 Å². The van der Waals surface area contributed by atoms with E-state index < -0.39 is 0 Å². The molecule has 3 amide bonds. The number of carbonyl (C=O) groups is 4. The summed E-state index contributed by atoms with van der Waals surface area (Å²) >= 11 is 12.1. The number of ether oxygens (including phenoxy) is 10. The highest BCUT2D eigenvalue weighted by Gasteiger charge is 2.28. The SMILES string of the molecule is CCC(C(=O)N1CCCCC1)c1cc(OC)c(OC)c(OC)c1.COc1ccc(CCCc2cccc(OCC(=O)NCCOCCOCCOCCOCCC(=O)NC3=NN(c4ccc(Cl)c(Cl)c4)CC3)c2)cc1OC.O=CO. The third kappa shape index (κ3) is 23.3. The highest BCUT2D eigenvalue weighted by molar-refractivity contribution is 6.42. The van der Waals surface area contributed by atoms with Gasteiger partial charge in [-0.15, -0.1) is 0 Å². The van der Waals surface area contributed by atoms with E-state index in [1.807, 2.05) is 66.4 Å². The summed E-state index contributed by atoms with van der Waals surface area (Å²) < 4.78 is 54.6. The lowest BCUT2D eigenvalue weighted by molar-refractivity contribution is -0.134. The Morgan fingerprint density at radius 3 is 1.89 bits per heavy atom. The average molecular weight is 1160 g/mol. The van der Waals surface area contributed by atoms with E-state index in [0.29, 0.717) is 105 Å². The lowest BCUT2D eigenvalue weighted by atomic mass is 9.93. The number of hydrogen-bond donors (Lipinski definition) is 3. The van der Waals surface area contributed by atoms with Gasteiger partial charge in [0.25, 0.3) is 12.4 Å². The quantitative estimate of drug-likeness (QED) is 0.0318. The number of amides is 3. The van der Waals surface area contributed by atoms with E-state index in [4.69, 9.17) is 80.5 Å². The Morgan fingerprint density at radius 2 is 1.29 bits per heavy atom. The largest absolute Gasteiger partial charge is 0.493 e. The van der Waals surface area contributed by atoms with Gasteiger partial charge >= 0.3 is 0 Å². The number of amidine groups is 1. The van der Waals surface area contributed by atoms with Gasteiger partial charge in [0.15, 0.2) is 29.6 Å². The molecule has 1 saturated heterocycles. The van der Waals surface area contributed by atoms with Gasteiger partial charge in [0.05, 0.1) is 116 Å². The van der Waals surface area contributed by atoms with Crippen LogP contribution in [0.1, 0.15) is 74.5 Å². The molecule has 0 aliphatic carbocycles. The van der Waals surface area contributed by atoms with Gasteiger partial charge in [-0.1, -0.05) is 48.3 Å². The van der Waals surface area contributed by atoms with Crippen LogP contribution in [-0.2, 0) is 51.0 Å². The zero-order valence-electron chi connectivity index (χ0n) is 46.9. The molecule has 2 heterocycles. The first-order valence-corrected chi connectivity index (χ1v) is 27.4. The van der Waals surface area contributed by atoms with Crippen LogP contribution < -0.4 is 44.1 Å². The number of hydrogen-bond acceptors (Lipinski definition) is 16. The van der Waals surface area contributed by atoms with Crippen LogP contribution >= 0.6 is 23.2 Å². The molecule has 4 aromatic carbocycles. The summed E-state index contributed by atoms with van der Waals surface area (Å²) in [5.41, 5.74) is 4.05. The second-order valence-corrected chi connectivity index (χ2v) is 18.8. The number of piperidine rings is 1. The summed E-state index contributed by atoms with van der Waals surface area (Å²) in [6.45, 7) is 7.49. The van der Waals surface area contributed by atoms with Crippen molar-refractivity contribution in [2.24, 2.45) is 5.10 Å². The van der Waals surface area contributed by atoms with E-state index >= 15 is 0 Å². The second kappa shape index (κ2) is 38.2. The molecule has 0 spiro atoms. The van der Waals surface area contributed by atoms with Crippen LogP contribution in [0.4, 0.5) is 5.69 Å². The maximum Gasteiger partial charge on any atom is 0.290 e. The molecule has 1 atom stereocenters. The Bertz CT molecular complexity index is 2510. The van der Waals surface area contributed by atoms with E-state index in [0.717, 1.165) is 79.9 Å². The predicted molar refractivity (Wildman–Crippen MR) is 307 cm³/mol. The molecule has 20 nitrogen and oxygen atoms in total. The fourth-order valence-corrected chi connectivity index (χ4v) is 8.80. The van der Waals surface area contributed by atoms with Gasteiger partial charge in [-0.2, -0.15) is 5.10 Å². The molecule has 0 radical (unpaired) electrons. The van der Waals surface area contributed by atoms with Crippen molar-refractivity contribution in [2.75, 3.05) is 126 Å². The van der Waals surface area contributed by atoms with Gasteiger partial charge in [0.1, 0.15) is 11.6 Å². The number of nitrogens with zero attached hydrogens (tertiary/aromatic N) is 3. The molecule has 4 aromatic rings. The van der Waals surface area contributed by atoms with Crippen LogP contribution in [0, 0.1) is 0 Å².